The van der Waals surface area contributed by atoms with Gasteiger partial charge in [0.15, 0.2) is 0 Å². The van der Waals surface area contributed by atoms with Crippen molar-refractivity contribution in [3.63, 3.8) is 0 Å². The highest BCUT2D eigenvalue weighted by Crippen LogP contribution is 2.21. The Morgan fingerprint density at radius 2 is 2.17 bits per heavy atom. The number of carbonyl (C=O) groups is 1. The van der Waals surface area contributed by atoms with E-state index in [9.17, 15) is 4.79 Å². The summed E-state index contributed by atoms with van der Waals surface area (Å²) in [5.41, 5.74) is 3.34. The van der Waals surface area contributed by atoms with Gasteiger partial charge in [-0.25, -0.2) is 0 Å². The minimum atomic E-state index is 0. The number of amides is 1. The van der Waals surface area contributed by atoms with Crippen LogP contribution in [0, 0.1) is 6.92 Å². The molecule has 4 nitrogen and oxygen atoms in total. The zero-order valence-electron chi connectivity index (χ0n) is 14.5. The number of carbonyl (C=O) groups excluding carboxylic acids is 1. The van der Waals surface area contributed by atoms with Crippen molar-refractivity contribution in [1.82, 2.24) is 10.2 Å². The lowest BCUT2D eigenvalue weighted by Crippen LogP contribution is -2.42. The van der Waals surface area contributed by atoms with Crippen molar-refractivity contribution in [2.75, 3.05) is 31.5 Å². The van der Waals surface area contributed by atoms with Crippen LogP contribution in [0.1, 0.15) is 37.8 Å². The van der Waals surface area contributed by atoms with Gasteiger partial charge in [-0.1, -0.05) is 32.0 Å². The third-order valence-corrected chi connectivity index (χ3v) is 4.41. The minimum absolute atomic E-state index is 0. The largest absolute Gasteiger partial charge is 0.324 e. The topological polar surface area (TPSA) is 44.4 Å². The van der Waals surface area contributed by atoms with Crippen molar-refractivity contribution >= 4 is 24.0 Å². The van der Waals surface area contributed by atoms with Gasteiger partial charge in [0.1, 0.15) is 0 Å². The lowest BCUT2D eigenvalue weighted by Gasteiger charge is -2.27. The van der Waals surface area contributed by atoms with Crippen molar-refractivity contribution < 1.29 is 4.79 Å². The number of para-hydroxylation sites is 1. The van der Waals surface area contributed by atoms with Crippen LogP contribution in [-0.4, -0.2) is 43.0 Å². The molecule has 0 aliphatic carbocycles. The van der Waals surface area contributed by atoms with Crippen LogP contribution >= 0.6 is 12.4 Å². The lowest BCUT2D eigenvalue weighted by atomic mass is 10.1. The number of anilines is 1. The maximum atomic E-state index is 12.5. The molecule has 1 amide bonds. The summed E-state index contributed by atoms with van der Waals surface area (Å²) in [6.45, 7) is 9.87. The van der Waals surface area contributed by atoms with Gasteiger partial charge in [-0.15, -0.1) is 12.4 Å². The molecule has 23 heavy (non-hydrogen) atoms. The SMILES string of the molecule is CCCN(CC(=O)Nc1c(C)cccc1CC)C1CCNC1.Cl. The van der Waals surface area contributed by atoms with E-state index < -0.39 is 0 Å². The second-order valence-corrected chi connectivity index (χ2v) is 6.13. The average Bonchev–Trinajstić information content (AvgIpc) is 3.03. The molecule has 1 aliphatic rings. The predicted molar refractivity (Wildman–Crippen MR) is 99.6 cm³/mol. The zero-order valence-corrected chi connectivity index (χ0v) is 15.3. The highest BCUT2D eigenvalue weighted by atomic mass is 35.5. The van der Waals surface area contributed by atoms with E-state index in [-0.39, 0.29) is 18.3 Å². The number of aryl methyl sites for hydroxylation is 2. The second-order valence-electron chi connectivity index (χ2n) is 6.13. The normalized spacial score (nSPS) is 17.1. The van der Waals surface area contributed by atoms with Crippen LogP contribution in [0.2, 0.25) is 0 Å². The molecule has 5 heteroatoms. The van der Waals surface area contributed by atoms with Crippen molar-refractivity contribution in [1.29, 1.82) is 0 Å². The summed E-state index contributed by atoms with van der Waals surface area (Å²) >= 11 is 0. The fourth-order valence-electron chi connectivity index (χ4n) is 3.19. The summed E-state index contributed by atoms with van der Waals surface area (Å²) in [5.74, 6) is 0.101. The second kappa shape index (κ2) is 9.91. The van der Waals surface area contributed by atoms with E-state index in [0.717, 1.165) is 50.1 Å². The standard InChI is InChI=1S/C18H29N3O.ClH/c1-4-11-21(16-9-10-19-12-16)13-17(22)20-18-14(3)7-6-8-15(18)5-2;/h6-8,16,19H,4-5,9-13H2,1-3H3,(H,20,22);1H. The van der Waals surface area contributed by atoms with Crippen molar-refractivity contribution in [3.05, 3.63) is 29.3 Å². The van der Waals surface area contributed by atoms with Gasteiger partial charge in [0.05, 0.1) is 6.54 Å². The van der Waals surface area contributed by atoms with Gasteiger partial charge in [-0.3, -0.25) is 9.69 Å². The van der Waals surface area contributed by atoms with Crippen LogP contribution in [0.5, 0.6) is 0 Å². The Bertz CT molecular complexity index is 501. The molecule has 1 fully saturated rings. The molecular formula is C18H30ClN3O. The van der Waals surface area contributed by atoms with Crippen LogP contribution in [-0.2, 0) is 11.2 Å². The van der Waals surface area contributed by atoms with Gasteiger partial charge in [0.2, 0.25) is 5.91 Å². The van der Waals surface area contributed by atoms with Gasteiger partial charge in [-0.2, -0.15) is 0 Å². The zero-order chi connectivity index (χ0) is 15.9. The Balaban J connectivity index is 0.00000264. The molecular weight excluding hydrogens is 310 g/mol. The van der Waals surface area contributed by atoms with Crippen LogP contribution < -0.4 is 10.6 Å². The number of nitrogens with one attached hydrogen (secondary N) is 2. The summed E-state index contributed by atoms with van der Waals surface area (Å²) in [6, 6.07) is 6.69. The molecule has 130 valence electrons. The predicted octanol–water partition coefficient (Wildman–Crippen LogP) is 2.99. The third kappa shape index (κ3) is 5.48. The average molecular weight is 340 g/mol. The molecule has 0 saturated carbocycles. The molecule has 0 bridgehead atoms. The molecule has 0 spiro atoms. The molecule has 0 radical (unpaired) electrons. The maximum absolute atomic E-state index is 12.5. The fraction of sp³-hybridized carbons (Fsp3) is 0.611. The summed E-state index contributed by atoms with van der Waals surface area (Å²) in [5, 5.41) is 6.53. The Morgan fingerprint density at radius 1 is 1.39 bits per heavy atom. The first kappa shape index (κ1) is 19.9. The monoisotopic (exact) mass is 339 g/mol. The van der Waals surface area contributed by atoms with Gasteiger partial charge < -0.3 is 10.6 Å². The van der Waals surface area contributed by atoms with Gasteiger partial charge in [0.25, 0.3) is 0 Å². The molecule has 1 saturated heterocycles. The molecule has 2 N–H and O–H groups in total. The smallest absolute Gasteiger partial charge is 0.238 e. The number of benzene rings is 1. The van der Waals surface area contributed by atoms with Crippen LogP contribution in [0.15, 0.2) is 18.2 Å². The molecule has 0 aromatic heterocycles. The van der Waals surface area contributed by atoms with E-state index in [1.165, 1.54) is 5.56 Å². The van der Waals surface area contributed by atoms with Crippen LogP contribution in [0.25, 0.3) is 0 Å². The van der Waals surface area contributed by atoms with Crippen molar-refractivity contribution in [2.24, 2.45) is 0 Å². The third-order valence-electron chi connectivity index (χ3n) is 4.41. The Morgan fingerprint density at radius 3 is 2.78 bits per heavy atom. The number of nitrogens with zero attached hydrogens (tertiary/aromatic N) is 1. The summed E-state index contributed by atoms with van der Waals surface area (Å²) < 4.78 is 0. The molecule has 1 aliphatic heterocycles. The van der Waals surface area contributed by atoms with E-state index in [1.54, 1.807) is 0 Å². The molecule has 1 unspecified atom stereocenters. The number of hydrogen-bond acceptors (Lipinski definition) is 3. The van der Waals surface area contributed by atoms with Gasteiger partial charge in [0, 0.05) is 18.3 Å². The molecule has 1 heterocycles. The highest BCUT2D eigenvalue weighted by Gasteiger charge is 2.23. The molecule has 1 aromatic rings. The van der Waals surface area contributed by atoms with Crippen LogP contribution in [0.3, 0.4) is 0 Å². The number of hydrogen-bond donors (Lipinski definition) is 2. The molecule has 1 atom stereocenters. The minimum Gasteiger partial charge on any atom is -0.324 e. The number of rotatable bonds is 7. The number of halogens is 1. The van der Waals surface area contributed by atoms with Crippen molar-refractivity contribution in [3.8, 4) is 0 Å². The Labute approximate surface area is 146 Å². The van der Waals surface area contributed by atoms with E-state index in [2.05, 4.69) is 54.5 Å². The first-order valence-electron chi connectivity index (χ1n) is 8.48. The van der Waals surface area contributed by atoms with E-state index in [1.807, 2.05) is 0 Å². The highest BCUT2D eigenvalue weighted by molar-refractivity contribution is 5.93. The Hall–Kier alpha value is -1.10. The molecule has 2 rings (SSSR count). The van der Waals surface area contributed by atoms with E-state index in [4.69, 9.17) is 0 Å². The fourth-order valence-corrected chi connectivity index (χ4v) is 3.19. The van der Waals surface area contributed by atoms with Gasteiger partial charge >= 0.3 is 0 Å². The maximum Gasteiger partial charge on any atom is 0.238 e. The van der Waals surface area contributed by atoms with E-state index in [0.29, 0.717) is 12.6 Å². The summed E-state index contributed by atoms with van der Waals surface area (Å²) in [6.07, 6.45) is 3.15. The first-order valence-corrected chi connectivity index (χ1v) is 8.48. The van der Waals surface area contributed by atoms with Crippen molar-refractivity contribution in [2.45, 2.75) is 46.1 Å². The summed E-state index contributed by atoms with van der Waals surface area (Å²) in [7, 11) is 0. The van der Waals surface area contributed by atoms with Crippen LogP contribution in [0.4, 0.5) is 5.69 Å². The van der Waals surface area contributed by atoms with Gasteiger partial charge in [-0.05, 0) is 50.4 Å². The quantitative estimate of drug-likeness (QED) is 0.802. The Kier molecular flexibility index (Phi) is 8.59. The lowest BCUT2D eigenvalue weighted by molar-refractivity contribution is -0.117. The summed E-state index contributed by atoms with van der Waals surface area (Å²) in [4.78, 5) is 14.8. The molecule has 1 aromatic carbocycles. The van der Waals surface area contributed by atoms with E-state index >= 15 is 0 Å². The first-order chi connectivity index (χ1) is 10.7.